The lowest BCUT2D eigenvalue weighted by Crippen LogP contribution is -2.05. The molecule has 1 fully saturated rings. The summed E-state index contributed by atoms with van der Waals surface area (Å²) in [7, 11) is 0. The second-order valence-corrected chi connectivity index (χ2v) is 5.53. The summed E-state index contributed by atoms with van der Waals surface area (Å²) in [6, 6.07) is 15.3. The van der Waals surface area contributed by atoms with Crippen LogP contribution in [-0.4, -0.2) is 17.1 Å². The first-order valence-electron chi connectivity index (χ1n) is 6.03. The lowest BCUT2D eigenvalue weighted by atomic mass is 9.94. The van der Waals surface area contributed by atoms with E-state index < -0.39 is 0 Å². The maximum absolute atomic E-state index is 5.77. The van der Waals surface area contributed by atoms with Crippen molar-refractivity contribution in [2.75, 3.05) is 11.0 Å². The molecule has 1 nitrogen and oxygen atoms in total. The monoisotopic (exact) mass is 338 g/mol. The average molecular weight is 338 g/mol. The van der Waals surface area contributed by atoms with Gasteiger partial charge in [0.25, 0.3) is 0 Å². The predicted molar refractivity (Wildman–Crippen MR) is 79.9 cm³/mol. The zero-order valence-corrected chi connectivity index (χ0v) is 11.8. The first-order valence-corrected chi connectivity index (χ1v) is 7.55. The molecule has 0 amide bonds. The minimum Gasteiger partial charge on any atom is -0.377 e. The molecular formula is C15H15IO. The summed E-state index contributed by atoms with van der Waals surface area (Å²) in [6.07, 6.45) is 1.62. The van der Waals surface area contributed by atoms with Gasteiger partial charge in [0.1, 0.15) is 0 Å². The Labute approximate surface area is 115 Å². The second-order valence-electron chi connectivity index (χ2n) is 4.65. The Hall–Kier alpha value is -0.610. The van der Waals surface area contributed by atoms with E-state index in [0.29, 0.717) is 12.0 Å². The Kier molecular flexibility index (Phi) is 3.34. The second kappa shape index (κ2) is 4.94. The third-order valence-corrected chi connectivity index (χ3v) is 4.48. The molecule has 2 aromatic carbocycles. The number of rotatable bonds is 2. The van der Waals surface area contributed by atoms with Gasteiger partial charge >= 0.3 is 0 Å². The molecule has 0 saturated carbocycles. The van der Waals surface area contributed by atoms with E-state index in [1.54, 1.807) is 0 Å². The summed E-state index contributed by atoms with van der Waals surface area (Å²) < 4.78 is 6.87. The van der Waals surface area contributed by atoms with Crippen LogP contribution in [-0.2, 0) is 4.74 Å². The molecule has 1 aliphatic rings. The van der Waals surface area contributed by atoms with Crippen molar-refractivity contribution in [3.8, 4) is 0 Å². The minimum absolute atomic E-state index is 0.451. The van der Waals surface area contributed by atoms with Crippen LogP contribution in [0.4, 0.5) is 0 Å². The molecule has 2 aromatic rings. The van der Waals surface area contributed by atoms with Crippen molar-refractivity contribution in [3.05, 3.63) is 48.0 Å². The first-order chi connectivity index (χ1) is 8.36. The van der Waals surface area contributed by atoms with Gasteiger partial charge in [0.15, 0.2) is 0 Å². The Morgan fingerprint density at radius 1 is 1.12 bits per heavy atom. The summed E-state index contributed by atoms with van der Waals surface area (Å²) in [5.74, 6) is 0.583. The Morgan fingerprint density at radius 2 is 1.94 bits per heavy atom. The van der Waals surface area contributed by atoms with Crippen LogP contribution in [0.3, 0.4) is 0 Å². The van der Waals surface area contributed by atoms with Crippen molar-refractivity contribution in [3.63, 3.8) is 0 Å². The van der Waals surface area contributed by atoms with Crippen LogP contribution in [0.15, 0.2) is 42.5 Å². The van der Waals surface area contributed by atoms with Crippen LogP contribution in [0.1, 0.15) is 17.9 Å². The zero-order chi connectivity index (χ0) is 11.7. The molecule has 17 heavy (non-hydrogen) atoms. The predicted octanol–water partition coefficient (Wildman–Crippen LogP) is 4.15. The van der Waals surface area contributed by atoms with Crippen molar-refractivity contribution in [2.24, 2.45) is 0 Å². The van der Waals surface area contributed by atoms with Gasteiger partial charge in [0.2, 0.25) is 0 Å². The van der Waals surface area contributed by atoms with Crippen LogP contribution in [0.25, 0.3) is 10.8 Å². The topological polar surface area (TPSA) is 9.23 Å². The highest BCUT2D eigenvalue weighted by Crippen LogP contribution is 2.31. The minimum atomic E-state index is 0.451. The summed E-state index contributed by atoms with van der Waals surface area (Å²) in [5.41, 5.74) is 1.43. The number of alkyl halides is 1. The van der Waals surface area contributed by atoms with E-state index >= 15 is 0 Å². The fourth-order valence-electron chi connectivity index (χ4n) is 2.51. The van der Waals surface area contributed by atoms with Gasteiger partial charge in [-0.25, -0.2) is 0 Å². The molecule has 2 atom stereocenters. The molecule has 0 spiro atoms. The molecule has 0 bridgehead atoms. The molecule has 1 saturated heterocycles. The number of fused-ring (bicyclic) bond motifs is 1. The molecule has 2 heteroatoms. The number of hydrogen-bond acceptors (Lipinski definition) is 1. The van der Waals surface area contributed by atoms with E-state index in [4.69, 9.17) is 4.74 Å². The SMILES string of the molecule is IC[C@H]1C[C@H](c2ccc3ccccc3c2)CO1. The van der Waals surface area contributed by atoms with Crippen LogP contribution < -0.4 is 0 Å². The first kappa shape index (κ1) is 11.5. The third kappa shape index (κ3) is 2.33. The summed E-state index contributed by atoms with van der Waals surface area (Å²) in [6.45, 7) is 0.881. The Balaban J connectivity index is 1.91. The normalized spacial score (nSPS) is 24.3. The smallest absolute Gasteiger partial charge is 0.0671 e. The van der Waals surface area contributed by atoms with Gasteiger partial charge in [-0.1, -0.05) is 65.1 Å². The quantitative estimate of drug-likeness (QED) is 0.591. The van der Waals surface area contributed by atoms with Crippen molar-refractivity contribution in [1.82, 2.24) is 0 Å². The number of ether oxygens (including phenoxy) is 1. The van der Waals surface area contributed by atoms with Crippen molar-refractivity contribution < 1.29 is 4.74 Å². The lowest BCUT2D eigenvalue weighted by molar-refractivity contribution is 0.129. The number of halogens is 1. The average Bonchev–Trinajstić information content (AvgIpc) is 2.87. The van der Waals surface area contributed by atoms with Crippen LogP contribution >= 0.6 is 22.6 Å². The molecule has 88 valence electrons. The van der Waals surface area contributed by atoms with Crippen LogP contribution in [0.2, 0.25) is 0 Å². The largest absolute Gasteiger partial charge is 0.377 e. The van der Waals surface area contributed by atoms with Gasteiger partial charge in [-0.15, -0.1) is 0 Å². The Bertz CT molecular complexity index is 523. The van der Waals surface area contributed by atoms with E-state index in [2.05, 4.69) is 65.1 Å². The zero-order valence-electron chi connectivity index (χ0n) is 9.60. The van der Waals surface area contributed by atoms with Gasteiger partial charge in [0, 0.05) is 10.3 Å². The summed E-state index contributed by atoms with van der Waals surface area (Å²) in [4.78, 5) is 0. The van der Waals surface area contributed by atoms with Gasteiger partial charge in [0.05, 0.1) is 12.7 Å². The highest BCUT2D eigenvalue weighted by atomic mass is 127. The van der Waals surface area contributed by atoms with Crippen molar-refractivity contribution in [2.45, 2.75) is 18.4 Å². The van der Waals surface area contributed by atoms with Crippen LogP contribution in [0.5, 0.6) is 0 Å². The summed E-state index contributed by atoms with van der Waals surface area (Å²) >= 11 is 2.41. The molecular weight excluding hydrogens is 323 g/mol. The van der Waals surface area contributed by atoms with Crippen molar-refractivity contribution >= 4 is 33.4 Å². The highest BCUT2D eigenvalue weighted by molar-refractivity contribution is 14.1. The molecule has 0 aliphatic carbocycles. The maximum atomic E-state index is 5.77. The maximum Gasteiger partial charge on any atom is 0.0671 e. The molecule has 0 radical (unpaired) electrons. The fraction of sp³-hybridized carbons (Fsp3) is 0.333. The van der Waals surface area contributed by atoms with E-state index in [9.17, 15) is 0 Å². The Morgan fingerprint density at radius 3 is 2.71 bits per heavy atom. The van der Waals surface area contributed by atoms with E-state index in [0.717, 1.165) is 11.0 Å². The molecule has 1 heterocycles. The van der Waals surface area contributed by atoms with Gasteiger partial charge in [-0.2, -0.15) is 0 Å². The lowest BCUT2D eigenvalue weighted by Gasteiger charge is -2.09. The van der Waals surface area contributed by atoms with Gasteiger partial charge < -0.3 is 4.74 Å². The number of hydrogen-bond donors (Lipinski definition) is 0. The van der Waals surface area contributed by atoms with Gasteiger partial charge in [-0.3, -0.25) is 0 Å². The standard InChI is InChI=1S/C15H15IO/c16-9-15-8-14(10-17-15)13-6-5-11-3-1-2-4-12(11)7-13/h1-7,14-15H,8-10H2/t14-,15+/m0/s1. The van der Waals surface area contributed by atoms with Crippen LogP contribution in [0, 0.1) is 0 Å². The summed E-state index contributed by atoms with van der Waals surface area (Å²) in [5, 5.41) is 2.66. The van der Waals surface area contributed by atoms with E-state index in [1.165, 1.54) is 22.8 Å². The number of benzene rings is 2. The van der Waals surface area contributed by atoms with Crippen molar-refractivity contribution in [1.29, 1.82) is 0 Å². The van der Waals surface area contributed by atoms with E-state index in [-0.39, 0.29) is 0 Å². The van der Waals surface area contributed by atoms with E-state index in [1.807, 2.05) is 0 Å². The fourth-order valence-corrected chi connectivity index (χ4v) is 3.12. The third-order valence-electron chi connectivity index (χ3n) is 3.50. The highest BCUT2D eigenvalue weighted by Gasteiger charge is 2.25. The molecule has 0 unspecified atom stereocenters. The van der Waals surface area contributed by atoms with Gasteiger partial charge in [-0.05, 0) is 22.8 Å². The molecule has 0 aromatic heterocycles. The molecule has 3 rings (SSSR count). The molecule has 1 aliphatic heterocycles. The molecule has 0 N–H and O–H groups in total.